The summed E-state index contributed by atoms with van der Waals surface area (Å²) < 4.78 is 10.7. The lowest BCUT2D eigenvalue weighted by Crippen LogP contribution is -2.44. The van der Waals surface area contributed by atoms with E-state index in [1.807, 2.05) is 0 Å². The number of rotatable bonds is 2. The van der Waals surface area contributed by atoms with Gasteiger partial charge in [0.25, 0.3) is 0 Å². The Bertz CT molecular complexity index is 435. The van der Waals surface area contributed by atoms with Gasteiger partial charge in [-0.25, -0.2) is 0 Å². The molecule has 0 unspecified atom stereocenters. The highest BCUT2D eigenvalue weighted by Gasteiger charge is 2.26. The average molecular weight is 265 g/mol. The number of hydrogen-bond acceptors (Lipinski definition) is 3. The predicted molar refractivity (Wildman–Crippen MR) is 80.1 cm³/mol. The van der Waals surface area contributed by atoms with Crippen LogP contribution < -0.4 is 9.47 Å². The molecule has 1 heterocycles. The fourth-order valence-corrected chi connectivity index (χ4v) is 2.46. The second-order valence-corrected chi connectivity index (χ2v) is 5.82. The second kappa shape index (κ2) is 5.83. The van der Waals surface area contributed by atoms with Crippen molar-refractivity contribution in [3.8, 4) is 11.5 Å². The lowest BCUT2D eigenvalue weighted by atomic mass is 9.94. The zero-order valence-corrected chi connectivity index (χ0v) is 12.0. The molecule has 2 rings (SSSR count). The maximum absolute atomic E-state index is 5.38. The van der Waals surface area contributed by atoms with E-state index in [0.29, 0.717) is 0 Å². The lowest BCUT2D eigenvalue weighted by molar-refractivity contribution is 0.120. The van der Waals surface area contributed by atoms with Crippen LogP contribution in [-0.2, 0) is 13.0 Å². The molecule has 0 fully saturated rings. The van der Waals surface area contributed by atoms with Crippen molar-refractivity contribution >= 4 is 0 Å². The highest BCUT2D eigenvalue weighted by atomic mass is 16.5. The molecule has 0 saturated carbocycles. The van der Waals surface area contributed by atoms with Crippen LogP contribution in [0.5, 0.6) is 11.5 Å². The molecule has 0 spiro atoms. The molecule has 1 aromatic carbocycles. The maximum atomic E-state index is 5.38. The smallest absolute Gasteiger partial charge is 0.161 e. The first-order valence-corrected chi connectivity index (χ1v) is 6.44. The summed E-state index contributed by atoms with van der Waals surface area (Å²) in [4.78, 5) is 2.50. The van der Waals surface area contributed by atoms with Crippen molar-refractivity contribution < 1.29 is 9.47 Å². The van der Waals surface area contributed by atoms with E-state index in [2.05, 4.69) is 37.8 Å². The van der Waals surface area contributed by atoms with E-state index in [1.54, 1.807) is 14.2 Å². The van der Waals surface area contributed by atoms with Gasteiger partial charge in [-0.1, -0.05) is 7.43 Å². The molecule has 0 bridgehead atoms. The van der Waals surface area contributed by atoms with Crippen LogP contribution in [0.25, 0.3) is 0 Å². The van der Waals surface area contributed by atoms with E-state index in [4.69, 9.17) is 9.47 Å². The first-order valence-electron chi connectivity index (χ1n) is 6.44. The van der Waals surface area contributed by atoms with Gasteiger partial charge in [0.2, 0.25) is 0 Å². The second-order valence-electron chi connectivity index (χ2n) is 5.82. The van der Waals surface area contributed by atoms with Crippen molar-refractivity contribution in [2.75, 3.05) is 20.8 Å². The largest absolute Gasteiger partial charge is 0.493 e. The molecule has 0 amide bonds. The van der Waals surface area contributed by atoms with Crippen LogP contribution in [0.15, 0.2) is 12.1 Å². The monoisotopic (exact) mass is 265 g/mol. The fourth-order valence-electron chi connectivity index (χ4n) is 2.46. The van der Waals surface area contributed by atoms with E-state index < -0.39 is 0 Å². The molecule has 3 nitrogen and oxygen atoms in total. The average Bonchev–Trinajstić information content (AvgIpc) is 2.35. The number of hydrogen-bond donors (Lipinski definition) is 0. The summed E-state index contributed by atoms with van der Waals surface area (Å²) in [6.07, 6.45) is 1.08. The van der Waals surface area contributed by atoms with Crippen LogP contribution in [0.3, 0.4) is 0 Å². The maximum Gasteiger partial charge on any atom is 0.161 e. The molecule has 0 aromatic heterocycles. The third-order valence-electron chi connectivity index (χ3n) is 3.67. The lowest BCUT2D eigenvalue weighted by Gasteiger charge is -2.39. The van der Waals surface area contributed by atoms with Gasteiger partial charge in [-0.15, -0.1) is 0 Å². The Kier molecular flexibility index (Phi) is 4.86. The molecule has 0 N–H and O–H groups in total. The molecule has 0 saturated heterocycles. The standard InChI is InChI=1S/C15H23NO2.CH4/c1-15(2,3)16-7-6-11-8-13(17-4)14(18-5)9-12(11)10-16;/h8-9H,6-7,10H2,1-5H3;1H4. The number of fused-ring (bicyclic) bond motifs is 1. The van der Waals surface area contributed by atoms with Gasteiger partial charge in [-0.2, -0.15) is 0 Å². The van der Waals surface area contributed by atoms with Crippen LogP contribution in [0, 0.1) is 0 Å². The summed E-state index contributed by atoms with van der Waals surface area (Å²) in [6.45, 7) is 8.88. The van der Waals surface area contributed by atoms with E-state index in [1.165, 1.54) is 11.1 Å². The molecule has 0 radical (unpaired) electrons. The summed E-state index contributed by atoms with van der Waals surface area (Å²) in [5.74, 6) is 1.66. The molecule has 1 aliphatic heterocycles. The Morgan fingerprint density at radius 3 is 2.00 bits per heavy atom. The Morgan fingerprint density at radius 2 is 1.53 bits per heavy atom. The van der Waals surface area contributed by atoms with E-state index in [9.17, 15) is 0 Å². The fraction of sp³-hybridized carbons (Fsp3) is 0.625. The molecular formula is C16H27NO2. The molecular weight excluding hydrogens is 238 g/mol. The van der Waals surface area contributed by atoms with Gasteiger partial charge in [0.1, 0.15) is 0 Å². The molecule has 0 atom stereocenters. The molecule has 0 aliphatic carbocycles. The van der Waals surface area contributed by atoms with E-state index in [-0.39, 0.29) is 13.0 Å². The van der Waals surface area contributed by atoms with Crippen LogP contribution in [0.4, 0.5) is 0 Å². The normalized spacial score (nSPS) is 15.4. The van der Waals surface area contributed by atoms with Gasteiger partial charge >= 0.3 is 0 Å². The van der Waals surface area contributed by atoms with Crippen LogP contribution >= 0.6 is 0 Å². The van der Waals surface area contributed by atoms with Gasteiger partial charge in [0, 0.05) is 18.6 Å². The Hall–Kier alpha value is -1.22. The first-order chi connectivity index (χ1) is 8.45. The van der Waals surface area contributed by atoms with Crippen LogP contribution in [0.1, 0.15) is 39.3 Å². The summed E-state index contributed by atoms with van der Waals surface area (Å²) in [6, 6.07) is 4.24. The molecule has 19 heavy (non-hydrogen) atoms. The minimum absolute atomic E-state index is 0. The zero-order chi connectivity index (χ0) is 13.3. The van der Waals surface area contributed by atoms with Crippen molar-refractivity contribution in [1.82, 2.24) is 4.90 Å². The highest BCUT2D eigenvalue weighted by Crippen LogP contribution is 2.34. The summed E-state index contributed by atoms with van der Waals surface area (Å²) in [5, 5.41) is 0. The highest BCUT2D eigenvalue weighted by molar-refractivity contribution is 5.48. The summed E-state index contributed by atoms with van der Waals surface area (Å²) >= 11 is 0. The van der Waals surface area contributed by atoms with Crippen molar-refractivity contribution in [3.63, 3.8) is 0 Å². The Morgan fingerprint density at radius 1 is 1.00 bits per heavy atom. The number of benzene rings is 1. The Balaban J connectivity index is 0.00000180. The van der Waals surface area contributed by atoms with Crippen molar-refractivity contribution in [2.24, 2.45) is 0 Å². The van der Waals surface area contributed by atoms with Crippen LogP contribution in [-0.4, -0.2) is 31.2 Å². The van der Waals surface area contributed by atoms with E-state index >= 15 is 0 Å². The third kappa shape index (κ3) is 3.21. The summed E-state index contributed by atoms with van der Waals surface area (Å²) in [5.41, 5.74) is 2.95. The number of methoxy groups -OCH3 is 2. The van der Waals surface area contributed by atoms with Crippen molar-refractivity contribution in [1.29, 1.82) is 0 Å². The van der Waals surface area contributed by atoms with Gasteiger partial charge < -0.3 is 9.47 Å². The minimum Gasteiger partial charge on any atom is -0.493 e. The molecule has 108 valence electrons. The van der Waals surface area contributed by atoms with Crippen LogP contribution in [0.2, 0.25) is 0 Å². The van der Waals surface area contributed by atoms with E-state index in [0.717, 1.165) is 31.0 Å². The minimum atomic E-state index is 0. The van der Waals surface area contributed by atoms with Gasteiger partial charge in [-0.05, 0) is 50.5 Å². The van der Waals surface area contributed by atoms with Gasteiger partial charge in [-0.3, -0.25) is 4.90 Å². The predicted octanol–water partition coefficient (Wildman–Crippen LogP) is 3.50. The van der Waals surface area contributed by atoms with Crippen molar-refractivity contribution in [3.05, 3.63) is 23.3 Å². The van der Waals surface area contributed by atoms with Gasteiger partial charge in [0.05, 0.1) is 14.2 Å². The first kappa shape index (κ1) is 15.8. The SMILES string of the molecule is C.COc1cc2c(cc1OC)CN(C(C)(C)C)CC2. The third-order valence-corrected chi connectivity index (χ3v) is 3.67. The quantitative estimate of drug-likeness (QED) is 0.817. The molecule has 3 heteroatoms. The molecule has 1 aliphatic rings. The Labute approximate surface area is 117 Å². The van der Waals surface area contributed by atoms with Gasteiger partial charge in [0.15, 0.2) is 11.5 Å². The zero-order valence-electron chi connectivity index (χ0n) is 12.0. The molecule has 1 aromatic rings. The number of nitrogens with zero attached hydrogens (tertiary/aromatic N) is 1. The summed E-state index contributed by atoms with van der Waals surface area (Å²) in [7, 11) is 3.38. The number of ether oxygens (including phenoxy) is 2. The van der Waals surface area contributed by atoms with Crippen molar-refractivity contribution in [2.45, 2.75) is 46.7 Å². The topological polar surface area (TPSA) is 21.7 Å².